The predicted molar refractivity (Wildman–Crippen MR) is 91.0 cm³/mol. The Balaban J connectivity index is 1.56. The van der Waals surface area contributed by atoms with Crippen molar-refractivity contribution < 1.29 is 19.4 Å². The number of rotatable bonds is 9. The van der Waals surface area contributed by atoms with Crippen molar-refractivity contribution in [2.45, 2.75) is 64.1 Å². The van der Waals surface area contributed by atoms with Gasteiger partial charge in [0.25, 0.3) is 5.91 Å². The van der Waals surface area contributed by atoms with E-state index in [1.54, 1.807) is 0 Å². The van der Waals surface area contributed by atoms with Gasteiger partial charge in [-0.25, -0.2) is 0 Å². The van der Waals surface area contributed by atoms with Crippen LogP contribution in [0.1, 0.15) is 57.8 Å². The Morgan fingerprint density at radius 1 is 1.25 bits per heavy atom. The van der Waals surface area contributed by atoms with E-state index < -0.39 is 0 Å². The molecule has 24 heavy (non-hydrogen) atoms. The van der Waals surface area contributed by atoms with Crippen LogP contribution in [0.4, 0.5) is 0 Å². The maximum atomic E-state index is 12.4. The van der Waals surface area contributed by atoms with Crippen molar-refractivity contribution in [3.63, 3.8) is 0 Å². The fraction of sp³-hybridized carbons (Fsp3) is 0.842. The maximum absolute atomic E-state index is 12.4. The van der Waals surface area contributed by atoms with Crippen molar-refractivity contribution in [3.8, 4) is 0 Å². The third-order valence-electron chi connectivity index (χ3n) is 5.42. The monoisotopic (exact) mass is 337 g/mol. The van der Waals surface area contributed by atoms with Crippen LogP contribution in [-0.4, -0.2) is 37.1 Å². The lowest BCUT2D eigenvalue weighted by Gasteiger charge is -2.32. The fourth-order valence-electron chi connectivity index (χ4n) is 3.73. The first-order valence-electron chi connectivity index (χ1n) is 9.65. The largest absolute Gasteiger partial charge is 0.459 e. The molecule has 136 valence electrons. The second kappa shape index (κ2) is 8.86. The molecule has 3 rings (SSSR count). The summed E-state index contributed by atoms with van der Waals surface area (Å²) in [5.74, 6) is 2.06. The number of aliphatic hydroxyl groups is 1. The van der Waals surface area contributed by atoms with Crippen molar-refractivity contribution in [2.75, 3.05) is 19.8 Å². The zero-order valence-electron chi connectivity index (χ0n) is 14.5. The van der Waals surface area contributed by atoms with E-state index in [1.165, 1.54) is 38.5 Å². The van der Waals surface area contributed by atoms with Crippen molar-refractivity contribution in [3.05, 3.63) is 11.8 Å². The third-order valence-corrected chi connectivity index (χ3v) is 5.42. The van der Waals surface area contributed by atoms with Gasteiger partial charge < -0.3 is 19.9 Å². The fourth-order valence-corrected chi connectivity index (χ4v) is 3.73. The first kappa shape index (κ1) is 17.7. The molecule has 0 aromatic heterocycles. The minimum Gasteiger partial charge on any atom is -0.459 e. The zero-order valence-corrected chi connectivity index (χ0v) is 14.5. The molecule has 0 aromatic rings. The maximum Gasteiger partial charge on any atom is 0.286 e. The topological polar surface area (TPSA) is 67.8 Å². The Hall–Kier alpha value is -1.07. The smallest absolute Gasteiger partial charge is 0.286 e. The van der Waals surface area contributed by atoms with Gasteiger partial charge in [-0.15, -0.1) is 0 Å². The summed E-state index contributed by atoms with van der Waals surface area (Å²) in [7, 11) is 0. The highest BCUT2D eigenvalue weighted by Gasteiger charge is 2.33. The molecular weight excluding hydrogens is 306 g/mol. The van der Waals surface area contributed by atoms with E-state index in [1.807, 2.05) is 6.08 Å². The number of aliphatic hydroxyl groups excluding tert-OH is 1. The number of amides is 1. The number of carbonyl (C=O) groups excluding carboxylic acids is 1. The predicted octanol–water partition coefficient (Wildman–Crippen LogP) is 2.74. The van der Waals surface area contributed by atoms with Gasteiger partial charge in [-0.1, -0.05) is 12.8 Å². The Bertz CT molecular complexity index is 441. The van der Waals surface area contributed by atoms with Gasteiger partial charge in [-0.2, -0.15) is 0 Å². The average Bonchev–Trinajstić information content (AvgIpc) is 3.27. The summed E-state index contributed by atoms with van der Waals surface area (Å²) in [6.07, 6.45) is 11.6. The highest BCUT2D eigenvalue weighted by atomic mass is 16.7. The number of allylic oxidation sites excluding steroid dienone is 1. The van der Waals surface area contributed by atoms with Gasteiger partial charge in [0.15, 0.2) is 5.76 Å². The molecule has 5 heteroatoms. The molecule has 0 unspecified atom stereocenters. The summed E-state index contributed by atoms with van der Waals surface area (Å²) in [5.41, 5.74) is 0. The van der Waals surface area contributed by atoms with Crippen molar-refractivity contribution >= 4 is 5.91 Å². The second-order valence-corrected chi connectivity index (χ2v) is 7.48. The van der Waals surface area contributed by atoms with E-state index in [9.17, 15) is 4.79 Å². The molecule has 1 amide bonds. The van der Waals surface area contributed by atoms with Crippen LogP contribution < -0.4 is 5.32 Å². The zero-order chi connectivity index (χ0) is 16.8. The summed E-state index contributed by atoms with van der Waals surface area (Å²) in [6.45, 7) is 1.52. The molecule has 3 aliphatic rings. The average molecular weight is 337 g/mol. The van der Waals surface area contributed by atoms with E-state index in [0.29, 0.717) is 30.1 Å². The van der Waals surface area contributed by atoms with Crippen LogP contribution in [0, 0.1) is 17.8 Å². The molecule has 5 nitrogen and oxygen atoms in total. The van der Waals surface area contributed by atoms with Gasteiger partial charge in [0.1, 0.15) is 0 Å². The molecule has 0 saturated heterocycles. The van der Waals surface area contributed by atoms with Crippen molar-refractivity contribution in [1.82, 2.24) is 5.32 Å². The Morgan fingerprint density at radius 2 is 2.04 bits per heavy atom. The molecule has 2 fully saturated rings. The summed E-state index contributed by atoms with van der Waals surface area (Å²) in [4.78, 5) is 12.4. The van der Waals surface area contributed by atoms with Gasteiger partial charge >= 0.3 is 0 Å². The van der Waals surface area contributed by atoms with E-state index in [2.05, 4.69) is 5.32 Å². The lowest BCUT2D eigenvalue weighted by molar-refractivity contribution is -0.151. The molecule has 0 aromatic carbocycles. The molecular formula is C19H31NO4. The first-order chi connectivity index (χ1) is 11.8. The Morgan fingerprint density at radius 3 is 2.75 bits per heavy atom. The number of hydrogen-bond acceptors (Lipinski definition) is 4. The van der Waals surface area contributed by atoms with Gasteiger partial charge in [0.2, 0.25) is 6.29 Å². The van der Waals surface area contributed by atoms with E-state index in [-0.39, 0.29) is 18.8 Å². The van der Waals surface area contributed by atoms with Crippen molar-refractivity contribution in [1.29, 1.82) is 0 Å². The molecule has 2 atom stereocenters. The molecule has 1 heterocycles. The number of ether oxygens (including phenoxy) is 2. The van der Waals surface area contributed by atoms with Gasteiger partial charge in [0, 0.05) is 19.6 Å². The number of hydrogen-bond donors (Lipinski definition) is 2. The first-order valence-corrected chi connectivity index (χ1v) is 9.65. The summed E-state index contributed by atoms with van der Waals surface area (Å²) in [6, 6.07) is 0. The molecule has 2 saturated carbocycles. The number of nitrogens with one attached hydrogen (secondary N) is 1. The van der Waals surface area contributed by atoms with Crippen molar-refractivity contribution in [2.24, 2.45) is 17.8 Å². The standard InChI is InChI=1S/C19H31NO4/c21-9-3-4-10-23-18-12-16(15-5-1-2-6-15)11-17(24-18)19(22)20-13-14-7-8-14/h11,14-16,18,21H,1-10,12-13H2,(H,20,22)/t16-,18+/m1/s1. The van der Waals surface area contributed by atoms with E-state index >= 15 is 0 Å². The summed E-state index contributed by atoms with van der Waals surface area (Å²) >= 11 is 0. The van der Waals surface area contributed by atoms with Crippen LogP contribution in [0.3, 0.4) is 0 Å². The Labute approximate surface area is 144 Å². The van der Waals surface area contributed by atoms with Gasteiger partial charge in [-0.3, -0.25) is 4.79 Å². The highest BCUT2D eigenvalue weighted by Crippen LogP contribution is 2.38. The van der Waals surface area contributed by atoms with Crippen LogP contribution in [0.5, 0.6) is 0 Å². The molecule has 0 bridgehead atoms. The third kappa shape index (κ3) is 5.21. The minimum absolute atomic E-state index is 0.0893. The lowest BCUT2D eigenvalue weighted by atomic mass is 9.86. The molecule has 2 N–H and O–H groups in total. The number of unbranched alkanes of at least 4 members (excludes halogenated alkanes) is 1. The van der Waals surface area contributed by atoms with Gasteiger partial charge in [0.05, 0.1) is 6.61 Å². The lowest BCUT2D eigenvalue weighted by Crippen LogP contribution is -2.35. The van der Waals surface area contributed by atoms with E-state index in [4.69, 9.17) is 14.6 Å². The quantitative estimate of drug-likeness (QED) is 0.635. The van der Waals surface area contributed by atoms with Crippen LogP contribution >= 0.6 is 0 Å². The van der Waals surface area contributed by atoms with Crippen LogP contribution in [0.25, 0.3) is 0 Å². The van der Waals surface area contributed by atoms with Gasteiger partial charge in [-0.05, 0) is 62.4 Å². The molecule has 1 aliphatic heterocycles. The second-order valence-electron chi connectivity index (χ2n) is 7.48. The van der Waals surface area contributed by atoms with Crippen LogP contribution in [-0.2, 0) is 14.3 Å². The summed E-state index contributed by atoms with van der Waals surface area (Å²) in [5, 5.41) is 11.9. The summed E-state index contributed by atoms with van der Waals surface area (Å²) < 4.78 is 11.7. The Kier molecular flexibility index (Phi) is 6.55. The van der Waals surface area contributed by atoms with Crippen LogP contribution in [0.2, 0.25) is 0 Å². The molecule has 2 aliphatic carbocycles. The SMILES string of the molecule is O=C(NCC1CC1)C1=C[C@@H](C2CCCC2)C[C@@H](OCCCCO)O1. The molecule has 0 spiro atoms. The van der Waals surface area contributed by atoms with Crippen LogP contribution in [0.15, 0.2) is 11.8 Å². The highest BCUT2D eigenvalue weighted by molar-refractivity contribution is 5.91. The minimum atomic E-state index is -0.332. The molecule has 0 radical (unpaired) electrons. The normalized spacial score (nSPS) is 27.6. The van der Waals surface area contributed by atoms with E-state index in [0.717, 1.165) is 25.8 Å². The number of carbonyl (C=O) groups is 1.